The third-order valence-corrected chi connectivity index (χ3v) is 10.3. The SMILES string of the molecule is CCCn1nc2ccccc2c1[P@@](=Nc1cccc(C(=O)O)c1)(Oc1cccc2cccnc12)C(C)(C)C. The van der Waals surface area contributed by atoms with Gasteiger partial charge in [0.1, 0.15) is 11.0 Å². The van der Waals surface area contributed by atoms with Crippen LogP contribution in [0.1, 0.15) is 44.5 Å². The molecule has 38 heavy (non-hydrogen) atoms. The van der Waals surface area contributed by atoms with Crippen molar-refractivity contribution in [1.82, 2.24) is 14.8 Å². The summed E-state index contributed by atoms with van der Waals surface area (Å²) in [5, 5.41) is 16.1. The van der Waals surface area contributed by atoms with Crippen molar-refractivity contribution in [2.24, 2.45) is 4.74 Å². The number of aryl methyl sites for hydroxylation is 1. The Bertz CT molecular complexity index is 1700. The highest BCUT2D eigenvalue weighted by molar-refractivity contribution is 7.71. The van der Waals surface area contributed by atoms with E-state index in [1.54, 1.807) is 24.4 Å². The lowest BCUT2D eigenvalue weighted by atomic mass is 10.2. The van der Waals surface area contributed by atoms with Crippen LogP contribution in [-0.2, 0) is 6.54 Å². The highest BCUT2D eigenvalue weighted by atomic mass is 31.2. The lowest BCUT2D eigenvalue weighted by molar-refractivity contribution is 0.0697. The lowest BCUT2D eigenvalue weighted by Crippen LogP contribution is -2.32. The van der Waals surface area contributed by atoms with Crippen LogP contribution in [0.3, 0.4) is 0 Å². The minimum atomic E-state index is -3.00. The van der Waals surface area contributed by atoms with Crippen LogP contribution in [0.4, 0.5) is 5.69 Å². The van der Waals surface area contributed by atoms with E-state index in [0.29, 0.717) is 18.0 Å². The van der Waals surface area contributed by atoms with Gasteiger partial charge in [-0.3, -0.25) is 9.67 Å². The van der Waals surface area contributed by atoms with Crippen LogP contribution in [0.2, 0.25) is 0 Å². The predicted octanol–water partition coefficient (Wildman–Crippen LogP) is 7.64. The van der Waals surface area contributed by atoms with Crippen LogP contribution in [0, 0.1) is 0 Å². The normalized spacial score (nSPS) is 13.4. The van der Waals surface area contributed by atoms with Crippen LogP contribution in [0.15, 0.2) is 89.8 Å². The lowest BCUT2D eigenvalue weighted by Gasteiger charge is -2.37. The maximum Gasteiger partial charge on any atom is 0.335 e. The van der Waals surface area contributed by atoms with E-state index in [-0.39, 0.29) is 5.56 Å². The summed E-state index contributed by atoms with van der Waals surface area (Å²) < 4.78 is 14.6. The molecule has 7 nitrogen and oxygen atoms in total. The first-order valence-corrected chi connectivity index (χ1v) is 14.3. The number of carbonyl (C=O) groups is 1. The quantitative estimate of drug-likeness (QED) is 0.220. The number of fused-ring (bicyclic) bond motifs is 2. The molecule has 1 N–H and O–H groups in total. The largest absolute Gasteiger partial charge is 0.478 e. The van der Waals surface area contributed by atoms with Gasteiger partial charge >= 0.3 is 5.97 Å². The van der Waals surface area contributed by atoms with Crippen molar-refractivity contribution in [3.63, 3.8) is 0 Å². The molecule has 5 aromatic rings. The molecule has 3 aromatic carbocycles. The molecule has 0 saturated carbocycles. The third-order valence-electron chi connectivity index (χ3n) is 6.43. The molecular formula is C30H31N4O3P. The highest BCUT2D eigenvalue weighted by Crippen LogP contribution is 2.63. The average Bonchev–Trinajstić information content (AvgIpc) is 3.26. The number of aromatic carboxylic acids is 1. The summed E-state index contributed by atoms with van der Waals surface area (Å²) in [7, 11) is -3.00. The van der Waals surface area contributed by atoms with E-state index in [4.69, 9.17) is 14.4 Å². The summed E-state index contributed by atoms with van der Waals surface area (Å²) in [6.45, 7) is 9.20. The van der Waals surface area contributed by atoms with Gasteiger partial charge in [-0.05, 0) is 42.8 Å². The van der Waals surface area contributed by atoms with Crippen LogP contribution in [-0.4, -0.2) is 31.0 Å². The number of benzene rings is 3. The molecule has 1 atom stereocenters. The molecule has 0 aliphatic rings. The second-order valence-corrected chi connectivity index (χ2v) is 13.5. The van der Waals surface area contributed by atoms with E-state index in [0.717, 1.165) is 33.7 Å². The number of aromatic nitrogens is 3. The number of hydrogen-bond acceptors (Lipinski definition) is 5. The molecule has 5 rings (SSSR count). The summed E-state index contributed by atoms with van der Waals surface area (Å²) in [5.74, 6) is -0.361. The number of para-hydroxylation sites is 1. The van der Waals surface area contributed by atoms with Gasteiger partial charge in [0.05, 0.1) is 16.8 Å². The number of pyridine rings is 1. The van der Waals surface area contributed by atoms with Gasteiger partial charge in [0.25, 0.3) is 0 Å². The average molecular weight is 527 g/mol. The van der Waals surface area contributed by atoms with Crippen molar-refractivity contribution in [2.45, 2.75) is 45.8 Å². The molecular weight excluding hydrogens is 495 g/mol. The number of rotatable bonds is 7. The molecule has 194 valence electrons. The maximum absolute atomic E-state index is 11.8. The molecule has 2 aromatic heterocycles. The Balaban J connectivity index is 1.91. The van der Waals surface area contributed by atoms with E-state index < -0.39 is 18.4 Å². The fourth-order valence-corrected chi connectivity index (χ4v) is 7.91. The van der Waals surface area contributed by atoms with Crippen molar-refractivity contribution in [2.75, 3.05) is 0 Å². The fourth-order valence-electron chi connectivity index (χ4n) is 4.63. The summed E-state index contributed by atoms with van der Waals surface area (Å²) in [6.07, 6.45) is 2.64. The molecule has 0 amide bonds. The molecule has 2 heterocycles. The van der Waals surface area contributed by atoms with E-state index in [9.17, 15) is 9.90 Å². The minimum Gasteiger partial charge on any atom is -0.478 e. The second kappa shape index (κ2) is 10.1. The molecule has 0 bridgehead atoms. The van der Waals surface area contributed by atoms with Gasteiger partial charge in [-0.2, -0.15) is 5.10 Å². The predicted molar refractivity (Wildman–Crippen MR) is 154 cm³/mol. The van der Waals surface area contributed by atoms with Gasteiger partial charge in [0.2, 0.25) is 0 Å². The fraction of sp³-hybridized carbons (Fsp3) is 0.233. The Morgan fingerprint density at radius 1 is 1.03 bits per heavy atom. The molecule has 8 heteroatoms. The molecule has 0 fully saturated rings. The van der Waals surface area contributed by atoms with Gasteiger partial charge in [-0.25, -0.2) is 9.54 Å². The Labute approximate surface area is 222 Å². The number of carboxylic acids is 1. The molecule has 0 aliphatic heterocycles. The van der Waals surface area contributed by atoms with Crippen LogP contribution < -0.4 is 9.96 Å². The number of carboxylic acid groups (broad SMARTS) is 1. The first kappa shape index (κ1) is 25.7. The highest BCUT2D eigenvalue weighted by Gasteiger charge is 2.43. The molecule has 0 saturated heterocycles. The van der Waals surface area contributed by atoms with E-state index >= 15 is 0 Å². The summed E-state index contributed by atoms with van der Waals surface area (Å²) in [5.41, 5.74) is 3.28. The zero-order valence-electron chi connectivity index (χ0n) is 22.0. The van der Waals surface area contributed by atoms with Crippen LogP contribution in [0.5, 0.6) is 5.75 Å². The summed E-state index contributed by atoms with van der Waals surface area (Å²) >= 11 is 0. The topological polar surface area (TPSA) is 89.6 Å². The number of nitrogens with zero attached hydrogens (tertiary/aromatic N) is 4. The van der Waals surface area contributed by atoms with E-state index in [1.165, 1.54) is 0 Å². The standard InChI is InChI=1S/C30H31N4O3P/c1-5-19-34-28(24-15-6-7-16-25(24)32-34)38(30(2,3)4,33-23-14-8-12-22(20-23)29(35)36)37-26-17-9-11-21-13-10-18-31-27(21)26/h6-18,20H,5,19H2,1-4H3,(H,35,36)/t38-/m1/s1. The second-order valence-electron chi connectivity index (χ2n) is 10.2. The van der Waals surface area contributed by atoms with Gasteiger partial charge in [0, 0.05) is 28.7 Å². The van der Waals surface area contributed by atoms with Crippen LogP contribution in [0.25, 0.3) is 21.8 Å². The maximum atomic E-state index is 11.8. The zero-order valence-corrected chi connectivity index (χ0v) is 22.9. The minimum absolute atomic E-state index is 0.178. The summed E-state index contributed by atoms with van der Waals surface area (Å²) in [4.78, 5) is 16.5. The number of hydrogen-bond donors (Lipinski definition) is 1. The zero-order chi connectivity index (χ0) is 26.9. The van der Waals surface area contributed by atoms with Gasteiger partial charge in [-0.1, -0.05) is 70.2 Å². The smallest absolute Gasteiger partial charge is 0.335 e. The van der Waals surface area contributed by atoms with Crippen molar-refractivity contribution < 1.29 is 14.4 Å². The molecule has 0 unspecified atom stereocenters. The third kappa shape index (κ3) is 4.59. The molecule has 0 aliphatic carbocycles. The van der Waals surface area contributed by atoms with Crippen molar-refractivity contribution in [3.8, 4) is 5.75 Å². The Morgan fingerprint density at radius 3 is 2.55 bits per heavy atom. The Morgan fingerprint density at radius 2 is 1.79 bits per heavy atom. The first-order chi connectivity index (χ1) is 18.2. The van der Waals surface area contributed by atoms with Gasteiger partial charge < -0.3 is 9.63 Å². The van der Waals surface area contributed by atoms with Crippen molar-refractivity contribution in [3.05, 3.63) is 90.6 Å². The van der Waals surface area contributed by atoms with Crippen molar-refractivity contribution in [1.29, 1.82) is 0 Å². The summed E-state index contributed by atoms with van der Waals surface area (Å²) in [6, 6.07) is 24.6. The van der Waals surface area contributed by atoms with Crippen LogP contribution >= 0.6 is 7.28 Å². The van der Waals surface area contributed by atoms with E-state index in [1.807, 2.05) is 59.3 Å². The molecule has 0 radical (unpaired) electrons. The van der Waals surface area contributed by atoms with Gasteiger partial charge in [0.15, 0.2) is 13.0 Å². The Hall–Kier alpha value is -3.96. The monoisotopic (exact) mass is 526 g/mol. The van der Waals surface area contributed by atoms with Gasteiger partial charge in [-0.15, -0.1) is 0 Å². The van der Waals surface area contributed by atoms with Crippen molar-refractivity contribution >= 4 is 46.2 Å². The van der Waals surface area contributed by atoms with E-state index in [2.05, 4.69) is 38.7 Å². The Kier molecular flexibility index (Phi) is 6.80. The first-order valence-electron chi connectivity index (χ1n) is 12.7. The molecule has 0 spiro atoms.